The van der Waals surface area contributed by atoms with Gasteiger partial charge in [-0.1, -0.05) is 31.5 Å². The number of phenols is 1. The summed E-state index contributed by atoms with van der Waals surface area (Å²) in [4.78, 5) is 0. The van der Waals surface area contributed by atoms with Gasteiger partial charge in [0.1, 0.15) is 5.75 Å². The molecule has 0 atom stereocenters. The summed E-state index contributed by atoms with van der Waals surface area (Å²) < 4.78 is 0. The van der Waals surface area contributed by atoms with Crippen LogP contribution in [0.25, 0.3) is 0 Å². The first kappa shape index (κ1) is 12.0. The lowest BCUT2D eigenvalue weighted by Crippen LogP contribution is -2.09. The molecule has 2 nitrogen and oxygen atoms in total. The van der Waals surface area contributed by atoms with Gasteiger partial charge in [0.25, 0.3) is 0 Å². The minimum atomic E-state index is 0.329. The second kappa shape index (κ2) is 7.62. The Morgan fingerprint density at radius 3 is 1.77 bits per heavy atom. The van der Waals surface area contributed by atoms with Crippen LogP contribution in [0.2, 0.25) is 0 Å². The molecule has 0 bridgehead atoms. The number of hydrogen-bond donors (Lipinski definition) is 2. The Morgan fingerprint density at radius 2 is 1.54 bits per heavy atom. The molecule has 0 radical (unpaired) electrons. The summed E-state index contributed by atoms with van der Waals surface area (Å²) in [5, 5.41) is 11.9. The average Bonchev–Trinajstić information content (AvgIpc) is 2.13. The molecule has 0 aliphatic heterocycles. The van der Waals surface area contributed by atoms with E-state index in [2.05, 4.69) is 19.2 Å². The van der Waals surface area contributed by atoms with Crippen LogP contribution in [0.1, 0.15) is 19.4 Å². The van der Waals surface area contributed by atoms with Crippen molar-refractivity contribution in [2.24, 2.45) is 0 Å². The van der Waals surface area contributed by atoms with Crippen LogP contribution >= 0.6 is 0 Å². The number of aryl methyl sites for hydroxylation is 1. The van der Waals surface area contributed by atoms with Crippen LogP contribution in [-0.4, -0.2) is 18.2 Å². The molecule has 0 aliphatic rings. The second-order valence-electron chi connectivity index (χ2n) is 2.79. The lowest BCUT2D eigenvalue weighted by molar-refractivity contribution is 0.475. The van der Waals surface area contributed by atoms with Gasteiger partial charge < -0.3 is 10.4 Å². The van der Waals surface area contributed by atoms with Crippen molar-refractivity contribution in [3.63, 3.8) is 0 Å². The monoisotopic (exact) mass is 181 g/mol. The molecule has 2 heteroatoms. The maximum absolute atomic E-state index is 8.76. The average molecular weight is 181 g/mol. The standard InChI is InChI=1S/C7H8O.C4H11N/c1-6-2-4-7(8)5-3-6;1-3-5-4-2/h2-5,8H,1H3;5H,3-4H2,1-2H3. The smallest absolute Gasteiger partial charge is 0.115 e. The van der Waals surface area contributed by atoms with Crippen molar-refractivity contribution < 1.29 is 5.11 Å². The molecule has 0 aromatic heterocycles. The molecule has 1 aromatic carbocycles. The van der Waals surface area contributed by atoms with Crippen molar-refractivity contribution in [1.29, 1.82) is 0 Å². The first-order valence-corrected chi connectivity index (χ1v) is 4.67. The number of hydrogen-bond acceptors (Lipinski definition) is 2. The molecule has 0 amide bonds. The van der Waals surface area contributed by atoms with Gasteiger partial charge in [0.15, 0.2) is 0 Å². The zero-order valence-electron chi connectivity index (χ0n) is 8.67. The van der Waals surface area contributed by atoms with E-state index >= 15 is 0 Å². The molecule has 0 fully saturated rings. The van der Waals surface area contributed by atoms with E-state index in [0.717, 1.165) is 13.1 Å². The SMILES string of the molecule is CCNCC.Cc1ccc(O)cc1. The van der Waals surface area contributed by atoms with E-state index in [4.69, 9.17) is 5.11 Å². The van der Waals surface area contributed by atoms with E-state index in [1.807, 2.05) is 19.1 Å². The zero-order chi connectivity index (χ0) is 10.1. The van der Waals surface area contributed by atoms with Gasteiger partial charge >= 0.3 is 0 Å². The van der Waals surface area contributed by atoms with Crippen molar-refractivity contribution >= 4 is 0 Å². The zero-order valence-corrected chi connectivity index (χ0v) is 8.67. The van der Waals surface area contributed by atoms with Crippen LogP contribution in [0.5, 0.6) is 5.75 Å². The van der Waals surface area contributed by atoms with Crippen LogP contribution in [0.15, 0.2) is 24.3 Å². The summed E-state index contributed by atoms with van der Waals surface area (Å²) >= 11 is 0. The predicted octanol–water partition coefficient (Wildman–Crippen LogP) is 2.32. The highest BCUT2D eigenvalue weighted by Gasteiger charge is 1.82. The van der Waals surface area contributed by atoms with E-state index < -0.39 is 0 Å². The number of nitrogens with one attached hydrogen (secondary N) is 1. The highest BCUT2D eigenvalue weighted by Crippen LogP contribution is 2.07. The molecule has 1 rings (SSSR count). The molecule has 0 saturated carbocycles. The Bertz CT molecular complexity index is 183. The molecule has 74 valence electrons. The summed E-state index contributed by atoms with van der Waals surface area (Å²) in [6, 6.07) is 7.09. The van der Waals surface area contributed by atoms with E-state index in [0.29, 0.717) is 5.75 Å². The summed E-state index contributed by atoms with van der Waals surface area (Å²) in [5.41, 5.74) is 1.17. The first-order chi connectivity index (χ1) is 6.20. The maximum Gasteiger partial charge on any atom is 0.115 e. The lowest BCUT2D eigenvalue weighted by Gasteiger charge is -1.89. The quantitative estimate of drug-likeness (QED) is 0.734. The molecular formula is C11H19NO. The van der Waals surface area contributed by atoms with Crippen LogP contribution < -0.4 is 5.32 Å². The second-order valence-corrected chi connectivity index (χ2v) is 2.79. The highest BCUT2D eigenvalue weighted by atomic mass is 16.3. The minimum Gasteiger partial charge on any atom is -0.508 e. The molecule has 0 unspecified atom stereocenters. The Morgan fingerprint density at radius 1 is 1.08 bits per heavy atom. The largest absolute Gasteiger partial charge is 0.508 e. The predicted molar refractivity (Wildman–Crippen MR) is 57.1 cm³/mol. The van der Waals surface area contributed by atoms with E-state index in [1.54, 1.807) is 12.1 Å². The third-order valence-corrected chi connectivity index (χ3v) is 1.53. The van der Waals surface area contributed by atoms with Crippen LogP contribution in [0.4, 0.5) is 0 Å². The summed E-state index contributed by atoms with van der Waals surface area (Å²) in [7, 11) is 0. The summed E-state index contributed by atoms with van der Waals surface area (Å²) in [6.07, 6.45) is 0. The Kier molecular flexibility index (Phi) is 7.02. The highest BCUT2D eigenvalue weighted by molar-refractivity contribution is 5.24. The number of phenolic OH excluding ortho intramolecular Hbond substituents is 1. The Hall–Kier alpha value is -1.02. The summed E-state index contributed by atoms with van der Waals surface area (Å²) in [5.74, 6) is 0.329. The third-order valence-electron chi connectivity index (χ3n) is 1.53. The van der Waals surface area contributed by atoms with Crippen molar-refractivity contribution in [3.8, 4) is 5.75 Å². The molecule has 0 saturated heterocycles. The van der Waals surface area contributed by atoms with Gasteiger partial charge in [-0.2, -0.15) is 0 Å². The van der Waals surface area contributed by atoms with Gasteiger partial charge in [-0.3, -0.25) is 0 Å². The van der Waals surface area contributed by atoms with Gasteiger partial charge in [0.2, 0.25) is 0 Å². The Balaban J connectivity index is 0.000000252. The van der Waals surface area contributed by atoms with Gasteiger partial charge in [-0.25, -0.2) is 0 Å². The van der Waals surface area contributed by atoms with Gasteiger partial charge in [-0.05, 0) is 32.1 Å². The molecule has 1 aromatic rings. The van der Waals surface area contributed by atoms with Gasteiger partial charge in [0, 0.05) is 0 Å². The van der Waals surface area contributed by atoms with Crippen molar-refractivity contribution in [2.75, 3.05) is 13.1 Å². The molecular weight excluding hydrogens is 162 g/mol. The van der Waals surface area contributed by atoms with Gasteiger partial charge in [0.05, 0.1) is 0 Å². The van der Waals surface area contributed by atoms with E-state index in [1.165, 1.54) is 5.56 Å². The summed E-state index contributed by atoms with van der Waals surface area (Å²) in [6.45, 7) is 8.37. The normalized spacial score (nSPS) is 8.85. The Labute approximate surface area is 80.6 Å². The molecule has 2 N–H and O–H groups in total. The fraction of sp³-hybridized carbons (Fsp3) is 0.455. The molecule has 0 aliphatic carbocycles. The van der Waals surface area contributed by atoms with Crippen LogP contribution in [-0.2, 0) is 0 Å². The lowest BCUT2D eigenvalue weighted by atomic mass is 10.2. The third kappa shape index (κ3) is 7.34. The van der Waals surface area contributed by atoms with Gasteiger partial charge in [-0.15, -0.1) is 0 Å². The molecule has 0 spiro atoms. The van der Waals surface area contributed by atoms with E-state index in [-0.39, 0.29) is 0 Å². The number of aromatic hydroxyl groups is 1. The topological polar surface area (TPSA) is 32.3 Å². The van der Waals surface area contributed by atoms with Crippen molar-refractivity contribution in [2.45, 2.75) is 20.8 Å². The van der Waals surface area contributed by atoms with Crippen LogP contribution in [0, 0.1) is 6.92 Å². The van der Waals surface area contributed by atoms with Crippen LogP contribution in [0.3, 0.4) is 0 Å². The fourth-order valence-corrected chi connectivity index (χ4v) is 0.795. The maximum atomic E-state index is 8.76. The van der Waals surface area contributed by atoms with E-state index in [9.17, 15) is 0 Å². The minimum absolute atomic E-state index is 0.329. The molecule has 13 heavy (non-hydrogen) atoms. The fourth-order valence-electron chi connectivity index (χ4n) is 0.795. The van der Waals surface area contributed by atoms with Crippen molar-refractivity contribution in [3.05, 3.63) is 29.8 Å². The molecule has 0 heterocycles. The number of rotatable bonds is 2. The first-order valence-electron chi connectivity index (χ1n) is 4.67. The van der Waals surface area contributed by atoms with Crippen molar-refractivity contribution in [1.82, 2.24) is 5.32 Å². The number of benzene rings is 1.